The fourth-order valence-electron chi connectivity index (χ4n) is 1.81. The zero-order chi connectivity index (χ0) is 14.8. The highest BCUT2D eigenvalue weighted by Crippen LogP contribution is 2.30. The van der Waals surface area contributed by atoms with Crippen LogP contribution in [0.3, 0.4) is 0 Å². The number of sulfonamides is 1. The predicted octanol–water partition coefficient (Wildman–Crippen LogP) is 2.63. The molecule has 0 radical (unpaired) electrons. The highest BCUT2D eigenvalue weighted by atomic mass is 32.2. The maximum absolute atomic E-state index is 11.1. The summed E-state index contributed by atoms with van der Waals surface area (Å²) >= 11 is 0. The smallest absolute Gasteiger partial charge is 0.277 e. The normalized spacial score (nSPS) is 11.1. The van der Waals surface area contributed by atoms with E-state index in [0.29, 0.717) is 16.8 Å². The summed E-state index contributed by atoms with van der Waals surface area (Å²) in [6, 6.07) is 12.8. The number of nitrogens with zero attached hydrogens (tertiary/aromatic N) is 1. The molecule has 2 rings (SSSR count). The lowest BCUT2D eigenvalue weighted by Crippen LogP contribution is -2.09. The molecule has 20 heavy (non-hydrogen) atoms. The maximum atomic E-state index is 11.1. The molecule has 1 N–H and O–H groups in total. The van der Waals surface area contributed by atoms with Gasteiger partial charge in [0.25, 0.3) is 5.69 Å². The summed E-state index contributed by atoms with van der Waals surface area (Å²) in [5.41, 5.74) is 1.56. The van der Waals surface area contributed by atoms with Gasteiger partial charge in [-0.05, 0) is 23.8 Å². The number of nitro groups is 1. The number of nitro benzene ring substituents is 1. The molecule has 0 aliphatic heterocycles. The minimum atomic E-state index is -3.33. The summed E-state index contributed by atoms with van der Waals surface area (Å²) in [6.45, 7) is 0. The van der Waals surface area contributed by atoms with Crippen LogP contribution < -0.4 is 4.72 Å². The lowest BCUT2D eigenvalue weighted by atomic mass is 10.0. The number of hydrogen-bond donors (Lipinski definition) is 1. The van der Waals surface area contributed by atoms with E-state index in [0.717, 1.165) is 6.26 Å². The van der Waals surface area contributed by atoms with Gasteiger partial charge in [-0.3, -0.25) is 14.8 Å². The van der Waals surface area contributed by atoms with Crippen molar-refractivity contribution >= 4 is 21.4 Å². The molecule has 0 saturated carbocycles. The average molecular weight is 292 g/mol. The zero-order valence-corrected chi connectivity index (χ0v) is 11.4. The molecule has 0 aromatic heterocycles. The first-order valence-electron chi connectivity index (χ1n) is 5.68. The van der Waals surface area contributed by atoms with E-state index in [-0.39, 0.29) is 5.69 Å². The second-order valence-electron chi connectivity index (χ2n) is 4.23. The van der Waals surface area contributed by atoms with Gasteiger partial charge >= 0.3 is 0 Å². The number of nitrogens with one attached hydrogen (secondary N) is 1. The van der Waals surface area contributed by atoms with Gasteiger partial charge in [0, 0.05) is 11.8 Å². The van der Waals surface area contributed by atoms with Crippen LogP contribution in [0.1, 0.15) is 0 Å². The standard InChI is InChI=1S/C13H12N2O4S/c1-20(18,19)14-11-8-6-10(7-9-11)12-4-2-3-5-13(12)15(16)17/h2-9,14H,1H3. The Bertz CT molecular complexity index is 739. The van der Waals surface area contributed by atoms with Crippen molar-refractivity contribution in [2.24, 2.45) is 0 Å². The fraction of sp³-hybridized carbons (Fsp3) is 0.0769. The van der Waals surface area contributed by atoms with Crippen LogP contribution >= 0.6 is 0 Å². The number of anilines is 1. The molecule has 2 aromatic rings. The minimum absolute atomic E-state index is 0.0105. The third-order valence-electron chi connectivity index (χ3n) is 2.60. The van der Waals surface area contributed by atoms with Gasteiger partial charge in [-0.1, -0.05) is 24.3 Å². The van der Waals surface area contributed by atoms with E-state index in [1.807, 2.05) is 0 Å². The Labute approximate surface area is 116 Å². The van der Waals surface area contributed by atoms with Crippen molar-refractivity contribution in [3.63, 3.8) is 0 Å². The maximum Gasteiger partial charge on any atom is 0.277 e. The number of hydrogen-bond acceptors (Lipinski definition) is 4. The first-order valence-corrected chi connectivity index (χ1v) is 7.57. The Kier molecular flexibility index (Phi) is 3.71. The van der Waals surface area contributed by atoms with Crippen LogP contribution in [0.4, 0.5) is 11.4 Å². The van der Waals surface area contributed by atoms with Gasteiger partial charge in [-0.15, -0.1) is 0 Å². The Morgan fingerprint density at radius 2 is 1.65 bits per heavy atom. The molecule has 0 unspecified atom stereocenters. The summed E-state index contributed by atoms with van der Waals surface area (Å²) in [7, 11) is -3.33. The lowest BCUT2D eigenvalue weighted by Gasteiger charge is -2.06. The van der Waals surface area contributed by atoms with Crippen molar-refractivity contribution in [1.82, 2.24) is 0 Å². The van der Waals surface area contributed by atoms with E-state index in [2.05, 4.69) is 4.72 Å². The molecule has 0 aliphatic carbocycles. The topological polar surface area (TPSA) is 89.3 Å². The summed E-state index contributed by atoms with van der Waals surface area (Å²) < 4.78 is 24.5. The first kappa shape index (κ1) is 14.0. The molecule has 0 bridgehead atoms. The third kappa shape index (κ3) is 3.33. The second-order valence-corrected chi connectivity index (χ2v) is 5.97. The van der Waals surface area contributed by atoms with Crippen LogP contribution in [-0.4, -0.2) is 19.6 Å². The van der Waals surface area contributed by atoms with Gasteiger partial charge in [0.15, 0.2) is 0 Å². The van der Waals surface area contributed by atoms with E-state index >= 15 is 0 Å². The Morgan fingerprint density at radius 1 is 1.05 bits per heavy atom. The fourth-order valence-corrected chi connectivity index (χ4v) is 2.37. The largest absolute Gasteiger partial charge is 0.284 e. The van der Waals surface area contributed by atoms with Crippen LogP contribution in [0, 0.1) is 10.1 Å². The molecule has 0 fully saturated rings. The van der Waals surface area contributed by atoms with Gasteiger partial charge in [0.05, 0.1) is 16.7 Å². The zero-order valence-electron chi connectivity index (χ0n) is 10.6. The SMILES string of the molecule is CS(=O)(=O)Nc1ccc(-c2ccccc2[N+](=O)[O-])cc1. The van der Waals surface area contributed by atoms with Gasteiger partial charge in [0.2, 0.25) is 10.0 Å². The van der Waals surface area contributed by atoms with Crippen LogP contribution in [-0.2, 0) is 10.0 Å². The molecule has 2 aromatic carbocycles. The van der Waals surface area contributed by atoms with Crippen LogP contribution in [0.25, 0.3) is 11.1 Å². The average Bonchev–Trinajstić information content (AvgIpc) is 2.38. The number of rotatable bonds is 4. The highest BCUT2D eigenvalue weighted by Gasteiger charge is 2.13. The van der Waals surface area contributed by atoms with Gasteiger partial charge in [-0.2, -0.15) is 0 Å². The summed E-state index contributed by atoms with van der Waals surface area (Å²) in [6.07, 6.45) is 1.06. The Hall–Kier alpha value is -2.41. The summed E-state index contributed by atoms with van der Waals surface area (Å²) in [5.74, 6) is 0. The monoisotopic (exact) mass is 292 g/mol. The van der Waals surface area contributed by atoms with Crippen molar-refractivity contribution in [1.29, 1.82) is 0 Å². The lowest BCUT2D eigenvalue weighted by molar-refractivity contribution is -0.384. The van der Waals surface area contributed by atoms with E-state index in [1.54, 1.807) is 42.5 Å². The molecule has 0 saturated heterocycles. The van der Waals surface area contributed by atoms with Crippen molar-refractivity contribution in [3.05, 3.63) is 58.6 Å². The summed E-state index contributed by atoms with van der Waals surface area (Å²) in [5, 5.41) is 11.0. The Morgan fingerprint density at radius 3 is 2.20 bits per heavy atom. The number of benzene rings is 2. The minimum Gasteiger partial charge on any atom is -0.284 e. The molecule has 0 aliphatic rings. The molecule has 104 valence electrons. The molecule has 0 amide bonds. The number of para-hydroxylation sites is 1. The van der Waals surface area contributed by atoms with Gasteiger partial charge in [0.1, 0.15) is 0 Å². The van der Waals surface area contributed by atoms with Gasteiger partial charge in [-0.25, -0.2) is 8.42 Å². The molecule has 6 nitrogen and oxygen atoms in total. The van der Waals surface area contributed by atoms with E-state index in [9.17, 15) is 18.5 Å². The van der Waals surface area contributed by atoms with Crippen molar-refractivity contribution in [2.45, 2.75) is 0 Å². The van der Waals surface area contributed by atoms with Crippen LogP contribution in [0.2, 0.25) is 0 Å². The highest BCUT2D eigenvalue weighted by molar-refractivity contribution is 7.92. The van der Waals surface area contributed by atoms with E-state index in [4.69, 9.17) is 0 Å². The van der Waals surface area contributed by atoms with E-state index in [1.165, 1.54) is 6.07 Å². The predicted molar refractivity (Wildman–Crippen MR) is 77.0 cm³/mol. The summed E-state index contributed by atoms with van der Waals surface area (Å²) in [4.78, 5) is 10.5. The first-order chi connectivity index (χ1) is 9.37. The molecule has 0 heterocycles. The quantitative estimate of drug-likeness (QED) is 0.693. The van der Waals surface area contributed by atoms with Crippen molar-refractivity contribution in [2.75, 3.05) is 11.0 Å². The molecular weight excluding hydrogens is 280 g/mol. The molecule has 7 heteroatoms. The van der Waals surface area contributed by atoms with Crippen molar-refractivity contribution in [3.8, 4) is 11.1 Å². The van der Waals surface area contributed by atoms with E-state index < -0.39 is 14.9 Å². The Balaban J connectivity index is 2.38. The molecule has 0 atom stereocenters. The van der Waals surface area contributed by atoms with Gasteiger partial charge < -0.3 is 0 Å². The molecule has 0 spiro atoms. The molecular formula is C13H12N2O4S. The third-order valence-corrected chi connectivity index (χ3v) is 3.21. The van der Waals surface area contributed by atoms with Crippen LogP contribution in [0.15, 0.2) is 48.5 Å². The van der Waals surface area contributed by atoms with Crippen LogP contribution in [0.5, 0.6) is 0 Å². The van der Waals surface area contributed by atoms with Crippen molar-refractivity contribution < 1.29 is 13.3 Å². The second kappa shape index (κ2) is 5.30.